The lowest BCUT2D eigenvalue weighted by molar-refractivity contribution is -0.0658. The summed E-state index contributed by atoms with van der Waals surface area (Å²) >= 11 is 3.50. The Kier molecular flexibility index (Phi) is 4.59. The Hall–Kier alpha value is -0.390. The minimum absolute atomic E-state index is 0.322. The average molecular weight is 302 g/mol. The fraction of sp³-hybridized carbons (Fsp3) is 0.750. The van der Waals surface area contributed by atoms with Crippen LogP contribution in [0.4, 0.5) is 0 Å². The zero-order chi connectivity index (χ0) is 12.3. The van der Waals surface area contributed by atoms with Gasteiger partial charge in [-0.3, -0.25) is 4.90 Å². The number of nitrogens with zero attached hydrogens (tertiary/aromatic N) is 3. The summed E-state index contributed by atoms with van der Waals surface area (Å²) in [7, 11) is 0. The topological polar surface area (TPSA) is 30.3 Å². The normalized spacial score (nSPS) is 26.3. The molecule has 0 bridgehead atoms. The molecule has 2 unspecified atom stereocenters. The molecule has 17 heavy (non-hydrogen) atoms. The molecular weight excluding hydrogens is 282 g/mol. The van der Waals surface area contributed by atoms with Gasteiger partial charge in [-0.25, -0.2) is 4.98 Å². The van der Waals surface area contributed by atoms with Crippen LogP contribution in [0.5, 0.6) is 0 Å². The highest BCUT2D eigenvalue weighted by molar-refractivity contribution is 9.09. The maximum absolute atomic E-state index is 5.82. The van der Waals surface area contributed by atoms with E-state index in [0.717, 1.165) is 37.3 Å². The predicted octanol–water partition coefficient (Wildman–Crippen LogP) is 1.68. The van der Waals surface area contributed by atoms with Crippen molar-refractivity contribution in [3.05, 3.63) is 18.2 Å². The molecule has 5 heteroatoms. The lowest BCUT2D eigenvalue weighted by Crippen LogP contribution is -2.48. The molecule has 0 amide bonds. The van der Waals surface area contributed by atoms with Crippen LogP contribution in [0.25, 0.3) is 0 Å². The van der Waals surface area contributed by atoms with Gasteiger partial charge in [-0.1, -0.05) is 15.9 Å². The van der Waals surface area contributed by atoms with Crippen molar-refractivity contribution in [3.8, 4) is 0 Å². The number of halogens is 1. The Morgan fingerprint density at radius 3 is 2.94 bits per heavy atom. The van der Waals surface area contributed by atoms with Crippen LogP contribution in [-0.4, -0.2) is 51.6 Å². The smallest absolute Gasteiger partial charge is 0.105 e. The Bertz CT molecular complexity index is 355. The van der Waals surface area contributed by atoms with E-state index in [1.165, 1.54) is 0 Å². The van der Waals surface area contributed by atoms with Gasteiger partial charge in [-0.05, 0) is 13.8 Å². The van der Waals surface area contributed by atoms with E-state index in [-0.39, 0.29) is 0 Å². The lowest BCUT2D eigenvalue weighted by Gasteiger charge is -2.36. The van der Waals surface area contributed by atoms with Crippen molar-refractivity contribution in [2.24, 2.45) is 0 Å². The molecule has 0 spiro atoms. The molecule has 96 valence electrons. The first-order chi connectivity index (χ1) is 8.19. The van der Waals surface area contributed by atoms with E-state index in [1.54, 1.807) is 0 Å². The molecule has 1 aliphatic heterocycles. The monoisotopic (exact) mass is 301 g/mol. The molecule has 0 radical (unpaired) electrons. The van der Waals surface area contributed by atoms with Crippen LogP contribution in [0, 0.1) is 6.92 Å². The molecule has 1 aromatic rings. The van der Waals surface area contributed by atoms with Gasteiger partial charge in [0.15, 0.2) is 0 Å². The van der Waals surface area contributed by atoms with Crippen LogP contribution in [0.2, 0.25) is 0 Å². The largest absolute Gasteiger partial charge is 0.372 e. The Labute approximate surface area is 111 Å². The third-order valence-electron chi connectivity index (χ3n) is 3.15. The van der Waals surface area contributed by atoms with Crippen LogP contribution in [0.15, 0.2) is 12.4 Å². The summed E-state index contributed by atoms with van der Waals surface area (Å²) < 4.78 is 8.02. The van der Waals surface area contributed by atoms with Gasteiger partial charge in [0.05, 0.1) is 12.2 Å². The zero-order valence-corrected chi connectivity index (χ0v) is 12.1. The summed E-state index contributed by atoms with van der Waals surface area (Å²) in [5, 5.41) is 0.915. The van der Waals surface area contributed by atoms with E-state index < -0.39 is 0 Å². The second kappa shape index (κ2) is 5.98. The van der Waals surface area contributed by atoms with Crippen molar-refractivity contribution in [2.45, 2.75) is 32.6 Å². The van der Waals surface area contributed by atoms with Crippen molar-refractivity contribution >= 4 is 15.9 Å². The van der Waals surface area contributed by atoms with Crippen LogP contribution in [-0.2, 0) is 11.3 Å². The number of morpholine rings is 1. The maximum Gasteiger partial charge on any atom is 0.105 e. The highest BCUT2D eigenvalue weighted by Gasteiger charge is 2.23. The first-order valence-electron chi connectivity index (χ1n) is 6.10. The molecule has 0 aliphatic carbocycles. The molecule has 0 aromatic carbocycles. The Morgan fingerprint density at radius 1 is 1.47 bits per heavy atom. The van der Waals surface area contributed by atoms with E-state index in [4.69, 9.17) is 4.74 Å². The summed E-state index contributed by atoms with van der Waals surface area (Å²) in [5.41, 5.74) is 0. The van der Waals surface area contributed by atoms with Crippen molar-refractivity contribution < 1.29 is 4.74 Å². The van der Waals surface area contributed by atoms with Gasteiger partial charge in [-0.2, -0.15) is 0 Å². The van der Waals surface area contributed by atoms with Gasteiger partial charge in [0.1, 0.15) is 5.82 Å². The minimum Gasteiger partial charge on any atom is -0.372 e. The van der Waals surface area contributed by atoms with Crippen LogP contribution in [0.1, 0.15) is 12.7 Å². The maximum atomic E-state index is 5.82. The Balaban J connectivity index is 1.84. The average Bonchev–Trinajstić information content (AvgIpc) is 2.71. The van der Waals surface area contributed by atoms with E-state index in [0.29, 0.717) is 12.2 Å². The van der Waals surface area contributed by atoms with Gasteiger partial charge in [0, 0.05) is 43.9 Å². The van der Waals surface area contributed by atoms with Crippen molar-refractivity contribution in [1.82, 2.24) is 14.5 Å². The number of aryl methyl sites for hydroxylation is 1. The third-order valence-corrected chi connectivity index (χ3v) is 3.88. The molecular formula is C12H20BrN3O. The Morgan fingerprint density at radius 2 is 2.29 bits per heavy atom. The van der Waals surface area contributed by atoms with Gasteiger partial charge in [-0.15, -0.1) is 0 Å². The highest BCUT2D eigenvalue weighted by Crippen LogP contribution is 2.13. The van der Waals surface area contributed by atoms with Crippen molar-refractivity contribution in [2.75, 3.05) is 25.0 Å². The van der Waals surface area contributed by atoms with Gasteiger partial charge in [0.25, 0.3) is 0 Å². The highest BCUT2D eigenvalue weighted by atomic mass is 79.9. The van der Waals surface area contributed by atoms with Crippen molar-refractivity contribution in [1.29, 1.82) is 0 Å². The molecule has 0 N–H and O–H groups in total. The van der Waals surface area contributed by atoms with Gasteiger partial charge >= 0.3 is 0 Å². The minimum atomic E-state index is 0.322. The molecule has 2 atom stereocenters. The summed E-state index contributed by atoms with van der Waals surface area (Å²) in [6.45, 7) is 8.30. The zero-order valence-electron chi connectivity index (χ0n) is 10.5. The third kappa shape index (κ3) is 3.53. The van der Waals surface area contributed by atoms with Crippen LogP contribution in [0.3, 0.4) is 0 Å². The van der Waals surface area contributed by atoms with Crippen molar-refractivity contribution in [3.63, 3.8) is 0 Å². The van der Waals surface area contributed by atoms with E-state index in [1.807, 2.05) is 19.3 Å². The quantitative estimate of drug-likeness (QED) is 0.793. The molecule has 1 aromatic heterocycles. The van der Waals surface area contributed by atoms with E-state index in [2.05, 4.69) is 37.3 Å². The molecule has 4 nitrogen and oxygen atoms in total. The van der Waals surface area contributed by atoms with Crippen LogP contribution >= 0.6 is 15.9 Å². The van der Waals surface area contributed by atoms with Crippen LogP contribution < -0.4 is 0 Å². The molecule has 1 aliphatic rings. The second-order valence-electron chi connectivity index (χ2n) is 4.65. The first-order valence-corrected chi connectivity index (χ1v) is 7.22. The second-order valence-corrected chi connectivity index (χ2v) is 5.30. The number of hydrogen-bond donors (Lipinski definition) is 0. The molecule has 1 fully saturated rings. The summed E-state index contributed by atoms with van der Waals surface area (Å²) in [6, 6.07) is 0. The standard InChI is InChI=1S/C12H20BrN3O/c1-10-8-15(9-12(7-13)17-10)5-6-16-4-3-14-11(16)2/h3-4,10,12H,5-9H2,1-2H3. The molecule has 0 saturated carbocycles. The van der Waals surface area contributed by atoms with E-state index >= 15 is 0 Å². The molecule has 2 rings (SSSR count). The molecule has 1 saturated heterocycles. The number of hydrogen-bond acceptors (Lipinski definition) is 3. The molecule has 2 heterocycles. The van der Waals surface area contributed by atoms with E-state index in [9.17, 15) is 0 Å². The summed E-state index contributed by atoms with van der Waals surface area (Å²) in [5.74, 6) is 1.09. The van der Waals surface area contributed by atoms with Gasteiger partial charge < -0.3 is 9.30 Å². The number of ether oxygens (including phenoxy) is 1. The summed E-state index contributed by atoms with van der Waals surface area (Å²) in [6.07, 6.45) is 4.55. The fourth-order valence-electron chi connectivity index (χ4n) is 2.30. The van der Waals surface area contributed by atoms with Gasteiger partial charge in [0.2, 0.25) is 0 Å². The number of rotatable bonds is 4. The fourth-order valence-corrected chi connectivity index (χ4v) is 2.66. The SMILES string of the molecule is Cc1nccn1CCN1CC(C)OC(CBr)C1. The first kappa shape index (κ1) is 13.1. The lowest BCUT2D eigenvalue weighted by atomic mass is 10.2. The number of aromatic nitrogens is 2. The summed E-state index contributed by atoms with van der Waals surface area (Å²) in [4.78, 5) is 6.71. The number of imidazole rings is 1. The predicted molar refractivity (Wildman–Crippen MR) is 71.5 cm³/mol. The number of alkyl halides is 1.